The Labute approximate surface area is 139 Å². The summed E-state index contributed by atoms with van der Waals surface area (Å²) in [5, 5.41) is 0.747. The van der Waals surface area contributed by atoms with Gasteiger partial charge in [-0.15, -0.1) is 12.4 Å². The van der Waals surface area contributed by atoms with Crippen LogP contribution in [0.2, 0.25) is 0 Å². The number of carbonyl (C=O) groups excluding carboxylic acids is 1. The maximum Gasteiger partial charge on any atom is 0.336 e. The van der Waals surface area contributed by atoms with Gasteiger partial charge in [0.1, 0.15) is 11.3 Å². The van der Waals surface area contributed by atoms with Crippen LogP contribution in [0.25, 0.3) is 11.0 Å². The van der Waals surface area contributed by atoms with Gasteiger partial charge in [-0.2, -0.15) is 0 Å². The van der Waals surface area contributed by atoms with Gasteiger partial charge in [0.05, 0.1) is 13.5 Å². The lowest BCUT2D eigenvalue weighted by atomic mass is 10.1. The summed E-state index contributed by atoms with van der Waals surface area (Å²) in [6.45, 7) is 1.25. The van der Waals surface area contributed by atoms with Crippen molar-refractivity contribution in [2.75, 3.05) is 20.2 Å². The van der Waals surface area contributed by atoms with Crippen LogP contribution in [0, 0.1) is 0 Å². The summed E-state index contributed by atoms with van der Waals surface area (Å²) in [6.07, 6.45) is 0.988. The minimum Gasteiger partial charge on any atom is -0.497 e. The number of nitrogens with two attached hydrogens (primary N) is 1. The Morgan fingerprint density at radius 2 is 2.22 bits per heavy atom. The zero-order chi connectivity index (χ0) is 15.7. The van der Waals surface area contributed by atoms with Crippen molar-refractivity contribution in [3.63, 3.8) is 0 Å². The number of carbonyl (C=O) groups is 1. The number of hydrogen-bond acceptors (Lipinski definition) is 5. The SMILES string of the molecule is COc1ccc2c(CC(=O)N3CCC(N)C3)cc(=O)oc2c1.Cl. The number of fused-ring (bicyclic) bond motifs is 1. The molecule has 0 bridgehead atoms. The highest BCUT2D eigenvalue weighted by atomic mass is 35.5. The van der Waals surface area contributed by atoms with Crippen molar-refractivity contribution in [1.29, 1.82) is 0 Å². The summed E-state index contributed by atoms with van der Waals surface area (Å²) in [4.78, 5) is 25.8. The molecule has 2 N–H and O–H groups in total. The fourth-order valence-electron chi connectivity index (χ4n) is 2.77. The molecule has 1 unspecified atom stereocenters. The molecule has 1 aromatic carbocycles. The van der Waals surface area contributed by atoms with Gasteiger partial charge >= 0.3 is 5.63 Å². The second kappa shape index (κ2) is 7.02. The van der Waals surface area contributed by atoms with Crippen LogP contribution in [0.15, 0.2) is 33.5 Å². The Morgan fingerprint density at radius 1 is 1.43 bits per heavy atom. The van der Waals surface area contributed by atoms with Crippen LogP contribution < -0.4 is 16.1 Å². The van der Waals surface area contributed by atoms with E-state index in [1.807, 2.05) is 0 Å². The normalized spacial score (nSPS) is 17.1. The molecule has 1 aliphatic rings. The van der Waals surface area contributed by atoms with Gasteiger partial charge in [0.25, 0.3) is 0 Å². The molecular weight excluding hydrogens is 320 g/mol. The lowest BCUT2D eigenvalue weighted by Gasteiger charge is -2.16. The largest absolute Gasteiger partial charge is 0.497 e. The molecule has 23 heavy (non-hydrogen) atoms. The summed E-state index contributed by atoms with van der Waals surface area (Å²) in [7, 11) is 1.54. The number of benzene rings is 1. The number of nitrogens with zero attached hydrogens (tertiary/aromatic N) is 1. The lowest BCUT2D eigenvalue weighted by Crippen LogP contribution is -2.33. The van der Waals surface area contributed by atoms with Crippen LogP contribution in [0.3, 0.4) is 0 Å². The van der Waals surface area contributed by atoms with E-state index in [1.165, 1.54) is 6.07 Å². The zero-order valence-corrected chi connectivity index (χ0v) is 13.6. The molecule has 0 saturated carbocycles. The van der Waals surface area contributed by atoms with Crippen LogP contribution >= 0.6 is 12.4 Å². The summed E-state index contributed by atoms with van der Waals surface area (Å²) < 4.78 is 10.3. The Balaban J connectivity index is 0.00000192. The van der Waals surface area contributed by atoms with E-state index in [2.05, 4.69) is 0 Å². The second-order valence-corrected chi connectivity index (χ2v) is 5.52. The summed E-state index contributed by atoms with van der Waals surface area (Å²) in [5.41, 5.74) is 6.45. The predicted molar refractivity (Wildman–Crippen MR) is 89.2 cm³/mol. The molecule has 2 heterocycles. The first-order valence-electron chi connectivity index (χ1n) is 7.21. The third kappa shape index (κ3) is 3.65. The quantitative estimate of drug-likeness (QED) is 0.853. The van der Waals surface area contributed by atoms with Crippen molar-refractivity contribution in [2.24, 2.45) is 5.73 Å². The summed E-state index contributed by atoms with van der Waals surface area (Å²) in [5.74, 6) is 0.584. The minimum atomic E-state index is -0.471. The van der Waals surface area contributed by atoms with Gasteiger partial charge < -0.3 is 19.8 Å². The monoisotopic (exact) mass is 338 g/mol. The molecule has 1 saturated heterocycles. The van der Waals surface area contributed by atoms with Crippen molar-refractivity contribution < 1.29 is 13.9 Å². The van der Waals surface area contributed by atoms with Gasteiger partial charge in [-0.05, 0) is 24.1 Å². The van der Waals surface area contributed by atoms with Crippen LogP contribution in [0.4, 0.5) is 0 Å². The maximum absolute atomic E-state index is 12.4. The second-order valence-electron chi connectivity index (χ2n) is 5.52. The first kappa shape index (κ1) is 17.3. The molecule has 2 aromatic rings. The van der Waals surface area contributed by atoms with E-state index in [4.69, 9.17) is 14.9 Å². The number of halogens is 1. The number of ether oxygens (including phenoxy) is 1. The molecule has 1 aliphatic heterocycles. The van der Waals surface area contributed by atoms with Crippen molar-refractivity contribution in [3.8, 4) is 5.75 Å². The number of hydrogen-bond donors (Lipinski definition) is 1. The topological polar surface area (TPSA) is 85.8 Å². The van der Waals surface area contributed by atoms with E-state index in [0.29, 0.717) is 30.0 Å². The Kier molecular flexibility index (Phi) is 5.28. The third-order valence-electron chi connectivity index (χ3n) is 3.96. The van der Waals surface area contributed by atoms with Gasteiger partial charge in [-0.25, -0.2) is 4.79 Å². The molecule has 1 fully saturated rings. The number of rotatable bonds is 3. The first-order chi connectivity index (χ1) is 10.6. The standard InChI is InChI=1S/C16H18N2O4.ClH/c1-21-12-2-3-13-10(7-16(20)22-14(13)8-12)6-15(19)18-5-4-11(17)9-18;/h2-3,7-8,11H,4-6,9,17H2,1H3;1H. The summed E-state index contributed by atoms with van der Waals surface area (Å²) >= 11 is 0. The highest BCUT2D eigenvalue weighted by Crippen LogP contribution is 2.23. The fraction of sp³-hybridized carbons (Fsp3) is 0.375. The zero-order valence-electron chi connectivity index (χ0n) is 12.8. The van der Waals surface area contributed by atoms with Gasteiger partial charge in [-0.1, -0.05) is 0 Å². The highest BCUT2D eigenvalue weighted by molar-refractivity contribution is 5.88. The van der Waals surface area contributed by atoms with Gasteiger partial charge in [0.15, 0.2) is 0 Å². The lowest BCUT2D eigenvalue weighted by molar-refractivity contribution is -0.129. The van der Waals surface area contributed by atoms with Crippen LogP contribution in [0.1, 0.15) is 12.0 Å². The molecule has 1 amide bonds. The highest BCUT2D eigenvalue weighted by Gasteiger charge is 2.24. The summed E-state index contributed by atoms with van der Waals surface area (Å²) in [6, 6.07) is 6.65. The Hall–Kier alpha value is -2.05. The molecule has 0 aliphatic carbocycles. The number of amides is 1. The number of methoxy groups -OCH3 is 1. The minimum absolute atomic E-state index is 0. The van der Waals surface area contributed by atoms with E-state index >= 15 is 0 Å². The van der Waals surface area contributed by atoms with Crippen LogP contribution in [0.5, 0.6) is 5.75 Å². The van der Waals surface area contributed by atoms with Crippen LogP contribution in [-0.2, 0) is 11.2 Å². The fourth-order valence-corrected chi connectivity index (χ4v) is 2.77. The first-order valence-corrected chi connectivity index (χ1v) is 7.21. The van der Waals surface area contributed by atoms with E-state index < -0.39 is 5.63 Å². The van der Waals surface area contributed by atoms with Gasteiger partial charge in [0.2, 0.25) is 5.91 Å². The molecule has 124 valence electrons. The molecule has 3 rings (SSSR count). The maximum atomic E-state index is 12.4. The molecule has 0 spiro atoms. The molecular formula is C16H19ClN2O4. The van der Waals surface area contributed by atoms with E-state index in [9.17, 15) is 9.59 Å². The van der Waals surface area contributed by atoms with E-state index in [0.717, 1.165) is 11.8 Å². The van der Waals surface area contributed by atoms with Crippen molar-refractivity contribution in [1.82, 2.24) is 4.90 Å². The van der Waals surface area contributed by atoms with Crippen LogP contribution in [-0.4, -0.2) is 37.0 Å². The molecule has 0 radical (unpaired) electrons. The molecule has 1 atom stereocenters. The van der Waals surface area contributed by atoms with E-state index in [1.54, 1.807) is 30.2 Å². The number of likely N-dealkylation sites (tertiary alicyclic amines) is 1. The molecule has 1 aromatic heterocycles. The van der Waals surface area contributed by atoms with Gasteiger partial charge in [0, 0.05) is 36.7 Å². The third-order valence-corrected chi connectivity index (χ3v) is 3.96. The van der Waals surface area contributed by atoms with Crippen molar-refractivity contribution >= 4 is 29.3 Å². The average molecular weight is 339 g/mol. The van der Waals surface area contributed by atoms with E-state index in [-0.39, 0.29) is 30.8 Å². The Bertz CT molecular complexity index is 774. The molecule has 6 nitrogen and oxygen atoms in total. The average Bonchev–Trinajstić information content (AvgIpc) is 2.93. The van der Waals surface area contributed by atoms with Crippen molar-refractivity contribution in [3.05, 3.63) is 40.2 Å². The molecule has 7 heteroatoms. The van der Waals surface area contributed by atoms with Crippen molar-refractivity contribution in [2.45, 2.75) is 18.9 Å². The Morgan fingerprint density at radius 3 is 2.87 bits per heavy atom. The van der Waals surface area contributed by atoms with Gasteiger partial charge in [-0.3, -0.25) is 4.79 Å². The predicted octanol–water partition coefficient (Wildman–Crippen LogP) is 1.33. The smallest absolute Gasteiger partial charge is 0.336 e.